The normalized spacial score (nSPS) is 15.3. The molecular weight excluding hydrogens is 588 g/mol. The molecule has 1 atom stereocenters. The summed E-state index contributed by atoms with van der Waals surface area (Å²) in [6, 6.07) is 11.2. The molecule has 1 radical (unpaired) electrons. The number of para-hydroxylation sites is 1. The first-order valence-corrected chi connectivity index (χ1v) is 15.1. The number of amides is 2. The van der Waals surface area contributed by atoms with Crippen LogP contribution in [0.5, 0.6) is 0 Å². The fourth-order valence-corrected chi connectivity index (χ4v) is 6.00. The van der Waals surface area contributed by atoms with Gasteiger partial charge in [-0.2, -0.15) is 4.31 Å². The highest BCUT2D eigenvalue weighted by atomic mass is 35.5. The van der Waals surface area contributed by atoms with E-state index in [1.165, 1.54) is 17.1 Å². The molecule has 1 N–H and O–H groups in total. The minimum atomic E-state index is -4.85. The number of benzene rings is 2. The summed E-state index contributed by atoms with van der Waals surface area (Å²) < 4.78 is 33.3. The molecule has 13 nitrogen and oxygen atoms in total. The second kappa shape index (κ2) is 13.0. The largest absolute Gasteiger partial charge is 0.569 e. The monoisotopic (exact) mass is 623 g/mol. The van der Waals surface area contributed by atoms with Gasteiger partial charge in [0, 0.05) is 12.5 Å². The van der Waals surface area contributed by atoms with Gasteiger partial charge >= 0.3 is 6.09 Å². The number of carbonyl (C=O) groups excluding carboxylic acids is 2. The summed E-state index contributed by atoms with van der Waals surface area (Å²) in [4.78, 5) is 31.1. The highest BCUT2D eigenvalue weighted by Crippen LogP contribution is 2.32. The van der Waals surface area contributed by atoms with Crippen LogP contribution in [-0.4, -0.2) is 59.4 Å². The van der Waals surface area contributed by atoms with Crippen LogP contribution in [0.25, 0.3) is 0 Å². The van der Waals surface area contributed by atoms with Gasteiger partial charge in [-0.1, -0.05) is 29.8 Å². The second-order valence-corrected chi connectivity index (χ2v) is 12.6. The van der Waals surface area contributed by atoms with Crippen LogP contribution in [-0.2, 0) is 26.0 Å². The van der Waals surface area contributed by atoms with E-state index in [4.69, 9.17) is 21.2 Å². The van der Waals surface area contributed by atoms with Crippen LogP contribution in [0.3, 0.4) is 0 Å². The SMILES string of the molecule is CCN(CC)/[N+]([O-])=N\O[C](C)N(C(=O)OC(C)(C)C)S(=O)(=O)c1cc(C(=O)NN2c3ccccc3CC2C)ccc1Cl. The Morgan fingerprint density at radius 2 is 1.83 bits per heavy atom. The van der Waals surface area contributed by atoms with Gasteiger partial charge in [-0.05, 0) is 77.8 Å². The maximum absolute atomic E-state index is 13.9. The molecule has 229 valence electrons. The fourth-order valence-electron chi connectivity index (χ4n) is 4.20. The third kappa shape index (κ3) is 7.34. The van der Waals surface area contributed by atoms with Crippen molar-refractivity contribution in [3.63, 3.8) is 0 Å². The number of nitrogens with zero attached hydrogens (tertiary/aromatic N) is 5. The number of nitrogens with one attached hydrogen (secondary N) is 1. The average Bonchev–Trinajstić information content (AvgIpc) is 3.21. The van der Waals surface area contributed by atoms with Crippen molar-refractivity contribution in [2.75, 3.05) is 18.1 Å². The van der Waals surface area contributed by atoms with Crippen molar-refractivity contribution in [2.24, 2.45) is 5.28 Å². The first kappa shape index (κ1) is 32.7. The van der Waals surface area contributed by atoms with Crippen molar-refractivity contribution >= 4 is 39.3 Å². The molecule has 0 saturated heterocycles. The Morgan fingerprint density at radius 1 is 1.19 bits per heavy atom. The summed E-state index contributed by atoms with van der Waals surface area (Å²) in [5, 5.41) is 18.3. The summed E-state index contributed by atoms with van der Waals surface area (Å²) in [5.74, 6) is -0.594. The van der Waals surface area contributed by atoms with E-state index in [-0.39, 0.29) is 25.9 Å². The lowest BCUT2D eigenvalue weighted by Crippen LogP contribution is -2.46. The average molecular weight is 624 g/mol. The molecule has 0 fully saturated rings. The highest BCUT2D eigenvalue weighted by Gasteiger charge is 2.41. The van der Waals surface area contributed by atoms with Crippen molar-refractivity contribution in [3.8, 4) is 0 Å². The standard InChI is InChI=1S/C27H36ClN6O7S/c1-8-31(9-2)34(37)30-41-19(4)33(26(36)40-27(5,6)7)42(38,39)24-17-21(14-15-22(24)28)25(35)29-32-18(3)16-20-12-10-11-13-23(20)32/h10-15,17-18H,8-9,16H2,1-7H3,(H,29,35)/b34-30+. The molecule has 2 aromatic carbocycles. The molecule has 0 bridgehead atoms. The van der Waals surface area contributed by atoms with Crippen molar-refractivity contribution in [1.29, 1.82) is 0 Å². The van der Waals surface area contributed by atoms with Crippen molar-refractivity contribution < 1.29 is 32.6 Å². The number of hydrazine groups is 2. The zero-order valence-electron chi connectivity index (χ0n) is 24.6. The summed E-state index contributed by atoms with van der Waals surface area (Å²) >= 11 is 6.30. The first-order valence-electron chi connectivity index (χ1n) is 13.3. The van der Waals surface area contributed by atoms with Crippen LogP contribution >= 0.6 is 11.6 Å². The maximum atomic E-state index is 13.9. The Morgan fingerprint density at radius 3 is 2.45 bits per heavy atom. The Labute approximate surface area is 251 Å². The van der Waals surface area contributed by atoms with E-state index in [0.29, 0.717) is 13.1 Å². The van der Waals surface area contributed by atoms with Gasteiger partial charge in [0.15, 0.2) is 0 Å². The van der Waals surface area contributed by atoms with Crippen LogP contribution in [0.15, 0.2) is 52.6 Å². The number of sulfonamides is 1. The molecule has 3 rings (SSSR count). The Hall–Kier alpha value is -3.78. The Balaban J connectivity index is 1.97. The molecular formula is C27H36ClN6O7S. The van der Waals surface area contributed by atoms with Crippen molar-refractivity contribution in [3.05, 3.63) is 70.0 Å². The number of rotatable bonds is 10. The van der Waals surface area contributed by atoms with Crippen LogP contribution in [0.4, 0.5) is 10.5 Å². The predicted octanol–water partition coefficient (Wildman–Crippen LogP) is 5.02. The first-order chi connectivity index (χ1) is 19.6. The molecule has 15 heteroatoms. The lowest BCUT2D eigenvalue weighted by molar-refractivity contribution is -0.709. The summed E-state index contributed by atoms with van der Waals surface area (Å²) in [5.41, 5.74) is 3.59. The minimum absolute atomic E-state index is 0.0331. The number of hydrogen-bond acceptors (Lipinski definition) is 9. The highest BCUT2D eigenvalue weighted by molar-refractivity contribution is 7.89. The quantitative estimate of drug-likeness (QED) is 0.219. The number of fused-ring (bicyclic) bond motifs is 1. The number of halogens is 1. The number of hydrogen-bond donors (Lipinski definition) is 1. The molecule has 2 aromatic rings. The molecule has 0 aromatic heterocycles. The Kier molecular flexibility index (Phi) is 10.2. The third-order valence-corrected chi connectivity index (χ3v) is 8.42. The number of anilines is 1. The van der Waals surface area contributed by atoms with E-state index in [2.05, 4.69) is 10.7 Å². The van der Waals surface area contributed by atoms with E-state index >= 15 is 0 Å². The van der Waals surface area contributed by atoms with Gasteiger partial charge in [-0.25, -0.2) is 13.2 Å². The van der Waals surface area contributed by atoms with Gasteiger partial charge in [0.05, 0.1) is 34.8 Å². The molecule has 0 spiro atoms. The molecule has 0 saturated carbocycles. The minimum Gasteiger partial charge on any atom is -0.569 e. The molecule has 2 amide bonds. The Bertz CT molecular complexity index is 1440. The van der Waals surface area contributed by atoms with Crippen LogP contribution in [0.1, 0.15) is 64.4 Å². The lowest BCUT2D eigenvalue weighted by atomic mass is 10.1. The van der Waals surface area contributed by atoms with E-state index in [1.807, 2.05) is 31.2 Å². The van der Waals surface area contributed by atoms with Gasteiger partial charge in [-0.3, -0.25) is 15.2 Å². The maximum Gasteiger partial charge on any atom is 0.428 e. The van der Waals surface area contributed by atoms with E-state index in [1.54, 1.807) is 39.6 Å². The van der Waals surface area contributed by atoms with E-state index in [0.717, 1.165) is 30.7 Å². The number of carbonyl (C=O) groups is 2. The number of ether oxygens (including phenoxy) is 1. The molecule has 1 aliphatic rings. The van der Waals surface area contributed by atoms with Gasteiger partial charge in [0.1, 0.15) is 10.5 Å². The van der Waals surface area contributed by atoms with Crippen molar-refractivity contribution in [2.45, 2.75) is 71.4 Å². The van der Waals surface area contributed by atoms with Crippen LogP contribution in [0, 0.1) is 11.4 Å². The van der Waals surface area contributed by atoms with E-state index < -0.39 is 38.7 Å². The smallest absolute Gasteiger partial charge is 0.428 e. The van der Waals surface area contributed by atoms with Gasteiger partial charge in [-0.15, -0.1) is 5.01 Å². The van der Waals surface area contributed by atoms with Crippen LogP contribution in [0.2, 0.25) is 5.02 Å². The zero-order valence-corrected chi connectivity index (χ0v) is 26.2. The molecule has 0 aliphatic carbocycles. The zero-order chi connectivity index (χ0) is 31.4. The molecule has 1 unspecified atom stereocenters. The van der Waals surface area contributed by atoms with Gasteiger partial charge < -0.3 is 14.8 Å². The topological polar surface area (TPSA) is 147 Å². The molecule has 1 heterocycles. The van der Waals surface area contributed by atoms with Crippen molar-refractivity contribution in [1.82, 2.24) is 14.7 Å². The van der Waals surface area contributed by atoms with Crippen LogP contribution < -0.4 is 10.4 Å². The van der Waals surface area contributed by atoms with Gasteiger partial charge in [0.25, 0.3) is 22.2 Å². The molecule has 1 aliphatic heterocycles. The van der Waals surface area contributed by atoms with E-state index in [9.17, 15) is 23.2 Å². The second-order valence-electron chi connectivity index (χ2n) is 10.5. The fraction of sp³-hybridized carbons (Fsp3) is 0.444. The summed E-state index contributed by atoms with van der Waals surface area (Å²) in [6.45, 7) is 11.7. The predicted molar refractivity (Wildman–Crippen MR) is 155 cm³/mol. The summed E-state index contributed by atoms with van der Waals surface area (Å²) in [6.07, 6.45) is -1.22. The summed E-state index contributed by atoms with van der Waals surface area (Å²) in [7, 11) is -4.85. The molecule has 42 heavy (non-hydrogen) atoms. The van der Waals surface area contributed by atoms with Gasteiger partial charge in [0.2, 0.25) is 5.28 Å². The lowest BCUT2D eigenvalue weighted by Gasteiger charge is -2.28. The third-order valence-electron chi connectivity index (χ3n) is 6.20.